The van der Waals surface area contributed by atoms with Crippen LogP contribution in [-0.4, -0.2) is 26.2 Å². The topological polar surface area (TPSA) is 76.4 Å². The first-order valence-electron chi connectivity index (χ1n) is 7.57. The van der Waals surface area contributed by atoms with Crippen molar-refractivity contribution in [2.24, 2.45) is 11.1 Å². The molecule has 2 rings (SSSR count). The molecule has 4 N–H and O–H groups in total. The number of nitrogens with two attached hydrogens (primary N) is 1. The highest BCUT2D eigenvalue weighted by Gasteiger charge is 2.30. The lowest BCUT2D eigenvalue weighted by Gasteiger charge is -2.36. The highest BCUT2D eigenvalue weighted by atomic mass is 16.5. The summed E-state index contributed by atoms with van der Waals surface area (Å²) in [5.41, 5.74) is 6.67. The standard InChI is InChI=1S/C16H25N3O2/c1-21-14-8-4-3-7-13(14)19-15(20)18-12-16(11-17)9-5-2-6-10-16/h3-4,7-8H,2,5-6,9-12,17H2,1H3,(H2,18,19,20). The van der Waals surface area contributed by atoms with E-state index in [1.807, 2.05) is 24.3 Å². The Morgan fingerprint density at radius 3 is 2.67 bits per heavy atom. The number of rotatable bonds is 5. The number of carbonyl (C=O) groups excluding carboxylic acids is 1. The molecule has 116 valence electrons. The van der Waals surface area contributed by atoms with Crippen molar-refractivity contribution < 1.29 is 9.53 Å². The second-order valence-electron chi connectivity index (χ2n) is 5.77. The third-order valence-corrected chi connectivity index (χ3v) is 4.33. The van der Waals surface area contributed by atoms with E-state index < -0.39 is 0 Å². The van der Waals surface area contributed by atoms with Crippen LogP contribution >= 0.6 is 0 Å². The maximum Gasteiger partial charge on any atom is 0.319 e. The molecule has 1 aromatic carbocycles. The highest BCUT2D eigenvalue weighted by molar-refractivity contribution is 5.90. The Kier molecular flexibility index (Phi) is 5.44. The molecular weight excluding hydrogens is 266 g/mol. The van der Waals surface area contributed by atoms with E-state index in [0.717, 1.165) is 12.8 Å². The van der Waals surface area contributed by atoms with Gasteiger partial charge in [-0.25, -0.2) is 4.79 Å². The molecule has 5 nitrogen and oxygen atoms in total. The van der Waals surface area contributed by atoms with E-state index in [9.17, 15) is 4.79 Å². The van der Waals surface area contributed by atoms with E-state index >= 15 is 0 Å². The van der Waals surface area contributed by atoms with Crippen LogP contribution in [0.4, 0.5) is 10.5 Å². The lowest BCUT2D eigenvalue weighted by molar-refractivity contribution is 0.190. The second kappa shape index (κ2) is 7.31. The van der Waals surface area contributed by atoms with Gasteiger partial charge in [0.15, 0.2) is 0 Å². The Hall–Kier alpha value is -1.75. The minimum atomic E-state index is -0.210. The largest absolute Gasteiger partial charge is 0.495 e. The zero-order valence-corrected chi connectivity index (χ0v) is 12.7. The first-order chi connectivity index (χ1) is 10.2. The van der Waals surface area contributed by atoms with Gasteiger partial charge in [-0.2, -0.15) is 0 Å². The van der Waals surface area contributed by atoms with Crippen LogP contribution in [0.2, 0.25) is 0 Å². The monoisotopic (exact) mass is 291 g/mol. The number of urea groups is 1. The van der Waals surface area contributed by atoms with Crippen molar-refractivity contribution in [3.8, 4) is 5.75 Å². The fourth-order valence-corrected chi connectivity index (χ4v) is 2.94. The summed E-state index contributed by atoms with van der Waals surface area (Å²) in [7, 11) is 1.59. The van der Waals surface area contributed by atoms with E-state index in [1.54, 1.807) is 7.11 Å². The van der Waals surface area contributed by atoms with E-state index in [-0.39, 0.29) is 11.4 Å². The van der Waals surface area contributed by atoms with Crippen molar-refractivity contribution in [1.82, 2.24) is 5.32 Å². The number of anilines is 1. The van der Waals surface area contributed by atoms with Crippen LogP contribution in [0.1, 0.15) is 32.1 Å². The molecule has 1 aliphatic carbocycles. The predicted molar refractivity (Wildman–Crippen MR) is 84.6 cm³/mol. The van der Waals surface area contributed by atoms with Crippen molar-refractivity contribution in [2.45, 2.75) is 32.1 Å². The van der Waals surface area contributed by atoms with Crippen molar-refractivity contribution in [3.05, 3.63) is 24.3 Å². The zero-order chi connectivity index (χ0) is 15.1. The molecule has 0 spiro atoms. The fraction of sp³-hybridized carbons (Fsp3) is 0.562. The summed E-state index contributed by atoms with van der Waals surface area (Å²) in [6.45, 7) is 1.26. The lowest BCUT2D eigenvalue weighted by Crippen LogP contribution is -2.44. The smallest absolute Gasteiger partial charge is 0.319 e. The Labute approximate surface area is 126 Å². The van der Waals surface area contributed by atoms with Crippen LogP contribution < -0.4 is 21.1 Å². The molecule has 0 atom stereocenters. The summed E-state index contributed by atoms with van der Waals surface area (Å²) in [4.78, 5) is 12.1. The molecule has 0 heterocycles. The van der Waals surface area contributed by atoms with Gasteiger partial charge < -0.3 is 21.1 Å². The normalized spacial score (nSPS) is 17.0. The van der Waals surface area contributed by atoms with Crippen LogP contribution in [-0.2, 0) is 0 Å². The maximum atomic E-state index is 12.1. The van der Waals surface area contributed by atoms with Crippen LogP contribution in [0.15, 0.2) is 24.3 Å². The van der Waals surface area contributed by atoms with Crippen LogP contribution in [0.5, 0.6) is 5.75 Å². The molecule has 1 aliphatic rings. The average Bonchev–Trinajstić information content (AvgIpc) is 2.54. The van der Waals surface area contributed by atoms with Gasteiger partial charge in [0, 0.05) is 12.0 Å². The van der Waals surface area contributed by atoms with Gasteiger partial charge in [-0.3, -0.25) is 0 Å². The van der Waals surface area contributed by atoms with Gasteiger partial charge in [0.25, 0.3) is 0 Å². The molecule has 0 radical (unpaired) electrons. The molecule has 21 heavy (non-hydrogen) atoms. The number of ether oxygens (including phenoxy) is 1. The van der Waals surface area contributed by atoms with Gasteiger partial charge in [0.2, 0.25) is 0 Å². The SMILES string of the molecule is COc1ccccc1NC(=O)NCC1(CN)CCCCC1. The van der Waals surface area contributed by atoms with Crippen molar-refractivity contribution in [2.75, 3.05) is 25.5 Å². The summed E-state index contributed by atoms with van der Waals surface area (Å²) < 4.78 is 5.22. The highest BCUT2D eigenvalue weighted by Crippen LogP contribution is 2.34. The van der Waals surface area contributed by atoms with Gasteiger partial charge in [0.1, 0.15) is 5.75 Å². The predicted octanol–water partition coefficient (Wildman–Crippen LogP) is 2.73. The van der Waals surface area contributed by atoms with E-state index in [0.29, 0.717) is 24.5 Å². The fourth-order valence-electron chi connectivity index (χ4n) is 2.94. The Balaban J connectivity index is 1.89. The second-order valence-corrected chi connectivity index (χ2v) is 5.77. The molecular formula is C16H25N3O2. The summed E-state index contributed by atoms with van der Waals surface area (Å²) >= 11 is 0. The Morgan fingerprint density at radius 2 is 2.00 bits per heavy atom. The molecule has 1 aromatic rings. The van der Waals surface area contributed by atoms with E-state index in [2.05, 4.69) is 10.6 Å². The van der Waals surface area contributed by atoms with Crippen LogP contribution in [0.3, 0.4) is 0 Å². The number of nitrogens with one attached hydrogen (secondary N) is 2. The molecule has 0 saturated heterocycles. The quantitative estimate of drug-likeness (QED) is 0.780. The number of hydrogen-bond donors (Lipinski definition) is 3. The zero-order valence-electron chi connectivity index (χ0n) is 12.7. The van der Waals surface area contributed by atoms with E-state index in [4.69, 9.17) is 10.5 Å². The van der Waals surface area contributed by atoms with Gasteiger partial charge >= 0.3 is 6.03 Å². The number of hydrogen-bond acceptors (Lipinski definition) is 3. The Bertz CT molecular complexity index is 470. The summed E-state index contributed by atoms with van der Waals surface area (Å²) in [6.07, 6.45) is 5.87. The molecule has 1 fully saturated rings. The lowest BCUT2D eigenvalue weighted by atomic mass is 9.74. The minimum Gasteiger partial charge on any atom is -0.495 e. The van der Waals surface area contributed by atoms with Crippen molar-refractivity contribution in [3.63, 3.8) is 0 Å². The third kappa shape index (κ3) is 4.11. The summed E-state index contributed by atoms with van der Waals surface area (Å²) in [6, 6.07) is 7.15. The summed E-state index contributed by atoms with van der Waals surface area (Å²) in [5, 5.41) is 5.78. The average molecular weight is 291 g/mol. The minimum absolute atomic E-state index is 0.0658. The van der Waals surface area contributed by atoms with Crippen molar-refractivity contribution in [1.29, 1.82) is 0 Å². The molecule has 0 aromatic heterocycles. The van der Waals surface area contributed by atoms with E-state index in [1.165, 1.54) is 19.3 Å². The molecule has 1 saturated carbocycles. The summed E-state index contributed by atoms with van der Waals surface area (Å²) in [5.74, 6) is 0.652. The number of amides is 2. The van der Waals surface area contributed by atoms with Gasteiger partial charge in [-0.15, -0.1) is 0 Å². The first-order valence-corrected chi connectivity index (χ1v) is 7.57. The van der Waals surface area contributed by atoms with Crippen LogP contribution in [0.25, 0.3) is 0 Å². The van der Waals surface area contributed by atoms with Gasteiger partial charge in [-0.05, 0) is 31.5 Å². The molecule has 5 heteroatoms. The third-order valence-electron chi connectivity index (χ3n) is 4.33. The molecule has 0 unspecified atom stereocenters. The molecule has 0 bridgehead atoms. The first kappa shape index (κ1) is 15.6. The number of methoxy groups -OCH3 is 1. The Morgan fingerprint density at radius 1 is 1.29 bits per heavy atom. The van der Waals surface area contributed by atoms with Gasteiger partial charge in [-0.1, -0.05) is 31.4 Å². The van der Waals surface area contributed by atoms with Crippen molar-refractivity contribution >= 4 is 11.7 Å². The number of carbonyl (C=O) groups is 1. The molecule has 0 aliphatic heterocycles. The maximum absolute atomic E-state index is 12.1. The number of benzene rings is 1. The van der Waals surface area contributed by atoms with Crippen LogP contribution in [0, 0.1) is 5.41 Å². The molecule has 2 amide bonds. The van der Waals surface area contributed by atoms with Gasteiger partial charge in [0.05, 0.1) is 12.8 Å². The number of para-hydroxylation sites is 2.